The maximum Gasteiger partial charge on any atom is 0.417 e. The Morgan fingerprint density at radius 2 is 1.95 bits per heavy atom. The van der Waals surface area contributed by atoms with Crippen LogP contribution >= 0.6 is 0 Å². The zero-order valence-corrected chi connectivity index (χ0v) is 11.7. The van der Waals surface area contributed by atoms with Crippen molar-refractivity contribution in [1.82, 2.24) is 4.98 Å². The lowest BCUT2D eigenvalue weighted by molar-refractivity contribution is -0.384. The van der Waals surface area contributed by atoms with Crippen LogP contribution in [0.15, 0.2) is 51.7 Å². The lowest BCUT2D eigenvalue weighted by Crippen LogP contribution is -2.06. The summed E-state index contributed by atoms with van der Waals surface area (Å²) in [6.07, 6.45) is 0. The number of nitrogens with one attached hydrogen (secondary N) is 2. The van der Waals surface area contributed by atoms with E-state index in [1.54, 1.807) is 30.3 Å². The molecular weight excluding hydrogens is 286 g/mol. The lowest BCUT2D eigenvalue weighted by Gasteiger charge is -2.15. The van der Waals surface area contributed by atoms with Gasteiger partial charge in [0.2, 0.25) is 0 Å². The molecule has 2 N–H and O–H groups in total. The normalized spacial score (nSPS) is 12.2. The molecule has 112 valence electrons. The average Bonchev–Trinajstić information content (AvgIpc) is 2.86. The van der Waals surface area contributed by atoms with Crippen LogP contribution in [-0.2, 0) is 0 Å². The number of non-ortho nitro benzene ring substituents is 1. The van der Waals surface area contributed by atoms with Crippen molar-refractivity contribution in [3.8, 4) is 0 Å². The molecule has 0 amide bonds. The molecule has 0 unspecified atom stereocenters. The van der Waals surface area contributed by atoms with Crippen molar-refractivity contribution in [2.75, 3.05) is 5.32 Å². The van der Waals surface area contributed by atoms with E-state index in [1.165, 1.54) is 12.1 Å². The molecule has 1 heterocycles. The van der Waals surface area contributed by atoms with Crippen LogP contribution < -0.4 is 11.1 Å². The minimum atomic E-state index is -0.490. The lowest BCUT2D eigenvalue weighted by atomic mass is 10.1. The van der Waals surface area contributed by atoms with Gasteiger partial charge >= 0.3 is 5.76 Å². The number of H-pyrrole nitrogens is 1. The zero-order chi connectivity index (χ0) is 15.7. The molecule has 0 spiro atoms. The quantitative estimate of drug-likeness (QED) is 0.569. The molecule has 1 aromatic heterocycles. The van der Waals surface area contributed by atoms with E-state index in [4.69, 9.17) is 4.42 Å². The van der Waals surface area contributed by atoms with Gasteiger partial charge in [0.05, 0.1) is 10.4 Å². The summed E-state index contributed by atoms with van der Waals surface area (Å²) < 4.78 is 4.95. The molecule has 7 heteroatoms. The third-order valence-corrected chi connectivity index (χ3v) is 3.41. The maximum atomic E-state index is 11.1. The molecule has 1 atom stereocenters. The average molecular weight is 299 g/mol. The van der Waals surface area contributed by atoms with Crippen molar-refractivity contribution in [3.05, 3.63) is 68.7 Å². The van der Waals surface area contributed by atoms with E-state index in [0.717, 1.165) is 11.3 Å². The Kier molecular flexibility index (Phi) is 3.38. The van der Waals surface area contributed by atoms with Crippen molar-refractivity contribution in [3.63, 3.8) is 0 Å². The summed E-state index contributed by atoms with van der Waals surface area (Å²) in [6.45, 7) is 1.95. The van der Waals surface area contributed by atoms with Crippen LogP contribution in [0.1, 0.15) is 18.5 Å². The second-order valence-corrected chi connectivity index (χ2v) is 4.94. The third kappa shape index (κ3) is 2.69. The Labute approximate surface area is 124 Å². The van der Waals surface area contributed by atoms with Gasteiger partial charge in [-0.1, -0.05) is 12.1 Å². The van der Waals surface area contributed by atoms with Gasteiger partial charge < -0.3 is 9.73 Å². The number of hydrogen-bond donors (Lipinski definition) is 2. The highest BCUT2D eigenvalue weighted by atomic mass is 16.6. The number of benzene rings is 2. The van der Waals surface area contributed by atoms with Gasteiger partial charge in [0.25, 0.3) is 5.69 Å². The van der Waals surface area contributed by atoms with E-state index in [2.05, 4.69) is 10.3 Å². The van der Waals surface area contributed by atoms with Gasteiger partial charge in [-0.15, -0.1) is 0 Å². The number of hydrogen-bond acceptors (Lipinski definition) is 5. The van der Waals surface area contributed by atoms with Crippen LogP contribution in [0.4, 0.5) is 11.4 Å². The molecule has 0 aliphatic carbocycles. The van der Waals surface area contributed by atoms with E-state index in [1.807, 2.05) is 6.92 Å². The van der Waals surface area contributed by atoms with E-state index in [9.17, 15) is 14.9 Å². The van der Waals surface area contributed by atoms with Crippen LogP contribution in [0.3, 0.4) is 0 Å². The number of nitrogens with zero attached hydrogens (tertiary/aromatic N) is 1. The SMILES string of the molecule is C[C@@H](Nc1ccc2oc(=O)[nH]c2c1)c1ccc([N+](=O)[O-])cc1. The molecule has 0 saturated carbocycles. The first-order valence-corrected chi connectivity index (χ1v) is 6.67. The van der Waals surface area contributed by atoms with E-state index < -0.39 is 10.7 Å². The number of oxazole rings is 1. The van der Waals surface area contributed by atoms with E-state index in [0.29, 0.717) is 11.1 Å². The number of nitro benzene ring substituents is 1. The molecule has 3 rings (SSSR count). The smallest absolute Gasteiger partial charge is 0.408 e. The summed E-state index contributed by atoms with van der Waals surface area (Å²) in [6, 6.07) is 11.6. The van der Waals surface area contributed by atoms with Crippen LogP contribution in [0.5, 0.6) is 0 Å². The highest BCUT2D eigenvalue weighted by molar-refractivity contribution is 5.76. The van der Waals surface area contributed by atoms with Crippen LogP contribution in [-0.4, -0.2) is 9.91 Å². The molecule has 0 fully saturated rings. The molecule has 2 aromatic carbocycles. The first kappa shape index (κ1) is 13.9. The number of aromatic amines is 1. The van der Waals surface area contributed by atoms with Gasteiger partial charge in [0.15, 0.2) is 5.58 Å². The fourth-order valence-electron chi connectivity index (χ4n) is 2.26. The predicted molar refractivity (Wildman–Crippen MR) is 82.0 cm³/mol. The molecule has 0 aliphatic heterocycles. The minimum absolute atomic E-state index is 0.0446. The van der Waals surface area contributed by atoms with Gasteiger partial charge in [0.1, 0.15) is 0 Å². The Morgan fingerprint density at radius 1 is 1.23 bits per heavy atom. The second-order valence-electron chi connectivity index (χ2n) is 4.94. The summed E-state index contributed by atoms with van der Waals surface area (Å²) in [5.41, 5.74) is 2.92. The molecule has 3 aromatic rings. The number of rotatable bonds is 4. The molecule has 22 heavy (non-hydrogen) atoms. The summed E-state index contributed by atoms with van der Waals surface area (Å²) in [7, 11) is 0. The van der Waals surface area contributed by atoms with Gasteiger partial charge in [-0.05, 0) is 30.7 Å². The van der Waals surface area contributed by atoms with Gasteiger partial charge in [-0.2, -0.15) is 0 Å². The number of fused-ring (bicyclic) bond motifs is 1. The number of anilines is 1. The summed E-state index contributed by atoms with van der Waals surface area (Å²) in [5.74, 6) is -0.490. The molecule has 0 radical (unpaired) electrons. The Balaban J connectivity index is 1.80. The predicted octanol–water partition coefficient (Wildman–Crippen LogP) is 3.20. The second kappa shape index (κ2) is 5.36. The van der Waals surface area contributed by atoms with Crippen LogP contribution in [0.2, 0.25) is 0 Å². The molecular formula is C15H13N3O4. The standard InChI is InChI=1S/C15H13N3O4/c1-9(10-2-5-12(6-3-10)18(20)21)16-11-4-7-14-13(8-11)17-15(19)22-14/h2-9,16H,1H3,(H,17,19)/t9-/m1/s1. The monoisotopic (exact) mass is 299 g/mol. The Hall–Kier alpha value is -3.09. The van der Waals surface area contributed by atoms with Crippen LogP contribution in [0, 0.1) is 10.1 Å². The summed E-state index contributed by atoms with van der Waals surface area (Å²) in [4.78, 5) is 24.0. The molecule has 7 nitrogen and oxygen atoms in total. The van der Waals surface area contributed by atoms with Gasteiger partial charge in [-0.25, -0.2) is 4.79 Å². The fourth-order valence-corrected chi connectivity index (χ4v) is 2.26. The van der Waals surface area contributed by atoms with Crippen LogP contribution in [0.25, 0.3) is 11.1 Å². The molecule has 0 aliphatic rings. The topological polar surface area (TPSA) is 101 Å². The zero-order valence-electron chi connectivity index (χ0n) is 11.7. The fraction of sp³-hybridized carbons (Fsp3) is 0.133. The van der Waals surface area contributed by atoms with Crippen molar-refractivity contribution in [2.24, 2.45) is 0 Å². The summed E-state index contributed by atoms with van der Waals surface area (Å²) in [5, 5.41) is 13.9. The summed E-state index contributed by atoms with van der Waals surface area (Å²) >= 11 is 0. The number of aromatic nitrogens is 1. The largest absolute Gasteiger partial charge is 0.417 e. The first-order valence-electron chi connectivity index (χ1n) is 6.67. The van der Waals surface area contributed by atoms with E-state index in [-0.39, 0.29) is 11.7 Å². The van der Waals surface area contributed by atoms with Crippen molar-refractivity contribution < 1.29 is 9.34 Å². The third-order valence-electron chi connectivity index (χ3n) is 3.41. The molecule has 0 bridgehead atoms. The Bertz CT molecular complexity index is 880. The minimum Gasteiger partial charge on any atom is -0.408 e. The highest BCUT2D eigenvalue weighted by Gasteiger charge is 2.10. The first-order chi connectivity index (χ1) is 10.5. The number of nitro groups is 1. The van der Waals surface area contributed by atoms with Crippen molar-refractivity contribution >= 4 is 22.5 Å². The van der Waals surface area contributed by atoms with Crippen molar-refractivity contribution in [1.29, 1.82) is 0 Å². The van der Waals surface area contributed by atoms with Gasteiger partial charge in [-0.3, -0.25) is 15.1 Å². The Morgan fingerprint density at radius 3 is 2.64 bits per heavy atom. The molecule has 0 saturated heterocycles. The van der Waals surface area contributed by atoms with E-state index >= 15 is 0 Å². The highest BCUT2D eigenvalue weighted by Crippen LogP contribution is 2.23. The maximum absolute atomic E-state index is 11.1. The van der Waals surface area contributed by atoms with Crippen molar-refractivity contribution in [2.45, 2.75) is 13.0 Å². The van der Waals surface area contributed by atoms with Gasteiger partial charge in [0, 0.05) is 23.9 Å².